The van der Waals surface area contributed by atoms with Gasteiger partial charge < -0.3 is 10.1 Å². The first-order chi connectivity index (χ1) is 15.7. The fraction of sp³-hybridized carbons (Fsp3) is 0.217. The third-order valence-corrected chi connectivity index (χ3v) is 5.06. The second-order valence-electron chi connectivity index (χ2n) is 7.40. The minimum atomic E-state index is -4.68. The number of alkyl halides is 3. The van der Waals surface area contributed by atoms with Gasteiger partial charge in [0.15, 0.2) is 12.3 Å². The lowest BCUT2D eigenvalue weighted by Gasteiger charge is -2.15. The molecule has 1 amide bonds. The molecule has 0 aliphatic heterocycles. The summed E-state index contributed by atoms with van der Waals surface area (Å²) in [5.41, 5.74) is 0.613. The predicted octanol–water partition coefficient (Wildman–Crippen LogP) is 4.31. The average molecular weight is 455 g/mol. The van der Waals surface area contributed by atoms with Crippen LogP contribution in [0.25, 0.3) is 22.3 Å². The summed E-state index contributed by atoms with van der Waals surface area (Å²) in [6.07, 6.45) is -1.47. The molecule has 1 atom stereocenters. The fourth-order valence-corrected chi connectivity index (χ4v) is 3.48. The number of fused-ring (bicyclic) bond motifs is 1. The molecule has 1 aromatic carbocycles. The number of aryl methyl sites for hydroxylation is 1. The molecule has 0 fully saturated rings. The van der Waals surface area contributed by atoms with Crippen LogP contribution in [0.4, 0.5) is 13.2 Å². The third-order valence-electron chi connectivity index (χ3n) is 5.06. The number of benzene rings is 1. The zero-order chi connectivity index (χ0) is 23.6. The minimum absolute atomic E-state index is 0.00393. The highest BCUT2D eigenvalue weighted by molar-refractivity contribution is 5.94. The van der Waals surface area contributed by atoms with Gasteiger partial charge in [-0.1, -0.05) is 30.3 Å². The number of ether oxygens (including phenoxy) is 1. The van der Waals surface area contributed by atoms with E-state index in [1.165, 1.54) is 11.7 Å². The Hall–Kier alpha value is -3.95. The molecule has 1 unspecified atom stereocenters. The lowest BCUT2D eigenvalue weighted by atomic mass is 10.0. The molecule has 3 aromatic heterocycles. The Balaban J connectivity index is 1.61. The van der Waals surface area contributed by atoms with Crippen molar-refractivity contribution in [3.05, 3.63) is 72.1 Å². The van der Waals surface area contributed by atoms with E-state index in [0.717, 1.165) is 11.6 Å². The van der Waals surface area contributed by atoms with Crippen LogP contribution >= 0.6 is 0 Å². The normalized spacial score (nSPS) is 12.5. The Labute approximate surface area is 187 Å². The highest BCUT2D eigenvalue weighted by atomic mass is 19.4. The molecule has 4 aromatic rings. The van der Waals surface area contributed by atoms with Crippen molar-refractivity contribution in [3.8, 4) is 17.1 Å². The number of aromatic nitrogens is 4. The number of carbonyl (C=O) groups excluding carboxylic acids is 1. The van der Waals surface area contributed by atoms with Gasteiger partial charge in [-0.2, -0.15) is 23.3 Å². The van der Waals surface area contributed by atoms with Crippen molar-refractivity contribution in [1.29, 1.82) is 0 Å². The quantitative estimate of drug-likeness (QED) is 0.469. The second kappa shape index (κ2) is 8.89. The average Bonchev–Trinajstić information content (AvgIpc) is 3.14. The standard InChI is InChI=1S/C23H20F3N5O2/c1-14(15-8-10-27-11-9-15)28-18(32)13-33-19-12-17(23(24,25)26)20-21(16-6-4-3-5-7-16)30-31(2)22(20)29-19/h3-12,14H,13H2,1-2H3,(H,28,32). The van der Waals surface area contributed by atoms with Crippen molar-refractivity contribution in [2.75, 3.05) is 6.61 Å². The maximum atomic E-state index is 14.0. The molecule has 170 valence electrons. The van der Waals surface area contributed by atoms with Gasteiger partial charge in [-0.25, -0.2) is 4.68 Å². The van der Waals surface area contributed by atoms with Crippen LogP contribution in [-0.2, 0) is 18.0 Å². The summed E-state index contributed by atoms with van der Waals surface area (Å²) in [7, 11) is 1.51. The molecule has 0 saturated heterocycles. The van der Waals surface area contributed by atoms with Gasteiger partial charge in [0.1, 0.15) is 5.69 Å². The van der Waals surface area contributed by atoms with E-state index >= 15 is 0 Å². The van der Waals surface area contributed by atoms with Crippen molar-refractivity contribution in [3.63, 3.8) is 0 Å². The molecule has 7 nitrogen and oxygen atoms in total. The Morgan fingerprint density at radius 1 is 1.15 bits per heavy atom. The van der Waals surface area contributed by atoms with Crippen LogP contribution in [0, 0.1) is 0 Å². The molecular formula is C23H20F3N5O2. The van der Waals surface area contributed by atoms with Crippen LogP contribution in [0.5, 0.6) is 5.88 Å². The Morgan fingerprint density at radius 2 is 1.85 bits per heavy atom. The minimum Gasteiger partial charge on any atom is -0.467 e. The molecule has 10 heteroatoms. The number of amides is 1. The topological polar surface area (TPSA) is 81.9 Å². The number of hydrogen-bond acceptors (Lipinski definition) is 5. The van der Waals surface area contributed by atoms with Crippen molar-refractivity contribution >= 4 is 16.9 Å². The molecule has 0 bridgehead atoms. The second-order valence-corrected chi connectivity index (χ2v) is 7.40. The lowest BCUT2D eigenvalue weighted by Crippen LogP contribution is -2.31. The highest BCUT2D eigenvalue weighted by Crippen LogP contribution is 2.40. The van der Waals surface area contributed by atoms with E-state index in [2.05, 4.69) is 20.4 Å². The van der Waals surface area contributed by atoms with E-state index < -0.39 is 24.3 Å². The van der Waals surface area contributed by atoms with E-state index in [1.807, 2.05) is 0 Å². The monoisotopic (exact) mass is 455 g/mol. The Kier molecular flexibility index (Phi) is 5.99. The molecule has 3 heterocycles. The van der Waals surface area contributed by atoms with Gasteiger partial charge in [0.05, 0.1) is 17.0 Å². The molecule has 33 heavy (non-hydrogen) atoms. The largest absolute Gasteiger partial charge is 0.467 e. The molecule has 4 rings (SSSR count). The van der Waals surface area contributed by atoms with E-state index in [0.29, 0.717) is 5.56 Å². The maximum Gasteiger partial charge on any atom is 0.417 e. The summed E-state index contributed by atoms with van der Waals surface area (Å²) in [5, 5.41) is 6.86. The molecule has 0 saturated carbocycles. The molecule has 0 aliphatic carbocycles. The van der Waals surface area contributed by atoms with Gasteiger partial charge >= 0.3 is 6.18 Å². The van der Waals surface area contributed by atoms with E-state index in [9.17, 15) is 18.0 Å². The van der Waals surface area contributed by atoms with Gasteiger partial charge in [-0.15, -0.1) is 0 Å². The van der Waals surface area contributed by atoms with Crippen molar-refractivity contribution < 1.29 is 22.7 Å². The van der Waals surface area contributed by atoms with Crippen LogP contribution in [0.1, 0.15) is 24.1 Å². The molecule has 1 N–H and O–H groups in total. The van der Waals surface area contributed by atoms with Crippen LogP contribution in [0.3, 0.4) is 0 Å². The summed E-state index contributed by atoms with van der Waals surface area (Å²) >= 11 is 0. The van der Waals surface area contributed by atoms with Gasteiger partial charge in [-0.3, -0.25) is 9.78 Å². The van der Waals surface area contributed by atoms with Gasteiger partial charge in [0, 0.05) is 31.1 Å². The van der Waals surface area contributed by atoms with Gasteiger partial charge in [0.25, 0.3) is 5.91 Å². The summed E-state index contributed by atoms with van der Waals surface area (Å²) in [4.78, 5) is 20.4. The van der Waals surface area contributed by atoms with Gasteiger partial charge in [-0.05, 0) is 24.6 Å². The number of halogens is 3. The number of nitrogens with zero attached hydrogens (tertiary/aromatic N) is 4. The molecule has 0 spiro atoms. The van der Waals surface area contributed by atoms with E-state index in [4.69, 9.17) is 4.74 Å². The van der Waals surface area contributed by atoms with E-state index in [1.54, 1.807) is 61.8 Å². The molecule has 0 radical (unpaired) electrons. The van der Waals surface area contributed by atoms with Crippen LogP contribution in [0.15, 0.2) is 60.9 Å². The first kappa shape index (κ1) is 22.3. The zero-order valence-electron chi connectivity index (χ0n) is 17.8. The number of hydrogen-bond donors (Lipinski definition) is 1. The first-order valence-electron chi connectivity index (χ1n) is 10.1. The Morgan fingerprint density at radius 3 is 2.52 bits per heavy atom. The van der Waals surface area contributed by atoms with E-state index in [-0.39, 0.29) is 28.6 Å². The van der Waals surface area contributed by atoms with Gasteiger partial charge in [0.2, 0.25) is 5.88 Å². The number of nitrogens with one attached hydrogen (secondary N) is 1. The molecule has 0 aliphatic rings. The predicted molar refractivity (Wildman–Crippen MR) is 115 cm³/mol. The molecular weight excluding hydrogens is 435 g/mol. The fourth-order valence-electron chi connectivity index (χ4n) is 3.48. The summed E-state index contributed by atoms with van der Waals surface area (Å²) < 4.78 is 48.5. The van der Waals surface area contributed by atoms with Crippen molar-refractivity contribution in [1.82, 2.24) is 25.1 Å². The smallest absolute Gasteiger partial charge is 0.417 e. The van der Waals surface area contributed by atoms with Crippen LogP contribution in [0.2, 0.25) is 0 Å². The van der Waals surface area contributed by atoms with Crippen molar-refractivity contribution in [2.24, 2.45) is 7.05 Å². The maximum absolute atomic E-state index is 14.0. The highest BCUT2D eigenvalue weighted by Gasteiger charge is 2.36. The lowest BCUT2D eigenvalue weighted by molar-refractivity contribution is -0.136. The van der Waals surface area contributed by atoms with Crippen molar-refractivity contribution in [2.45, 2.75) is 19.1 Å². The van der Waals surface area contributed by atoms with Crippen LogP contribution < -0.4 is 10.1 Å². The summed E-state index contributed by atoms with van der Waals surface area (Å²) in [5.74, 6) is -0.811. The number of carbonyl (C=O) groups is 1. The Bertz CT molecular complexity index is 1270. The zero-order valence-corrected chi connectivity index (χ0v) is 17.8. The first-order valence-corrected chi connectivity index (χ1v) is 10.1. The third kappa shape index (κ3) is 4.79. The summed E-state index contributed by atoms with van der Waals surface area (Å²) in [6.45, 7) is 1.29. The van der Waals surface area contributed by atoms with Crippen LogP contribution in [-0.4, -0.2) is 32.3 Å². The number of rotatable bonds is 6. The SMILES string of the molecule is CC(NC(=O)COc1cc(C(F)(F)F)c2c(-c3ccccc3)nn(C)c2n1)c1ccncc1. The summed E-state index contributed by atoms with van der Waals surface area (Å²) in [6, 6.07) is 12.6. The number of pyridine rings is 2.